The zero-order chi connectivity index (χ0) is 27.2. The van der Waals surface area contributed by atoms with Crippen molar-refractivity contribution in [3.05, 3.63) is 99.0 Å². The number of carbonyl (C=O) groups is 2. The molecular weight excluding hydrogens is 578 g/mol. The van der Waals surface area contributed by atoms with Gasteiger partial charge in [0, 0.05) is 74.1 Å². The first-order valence-electron chi connectivity index (χ1n) is 13.3. The van der Waals surface area contributed by atoms with Gasteiger partial charge in [0.1, 0.15) is 6.54 Å². The van der Waals surface area contributed by atoms with Gasteiger partial charge in [0.15, 0.2) is 0 Å². The molecule has 0 spiro atoms. The highest BCUT2D eigenvalue weighted by Gasteiger charge is 2.28. The van der Waals surface area contributed by atoms with Crippen LogP contribution in [0.25, 0.3) is 0 Å². The maximum atomic E-state index is 13.2. The van der Waals surface area contributed by atoms with Gasteiger partial charge in [-0.25, -0.2) is 4.79 Å². The first-order valence-corrected chi connectivity index (χ1v) is 14.5. The summed E-state index contributed by atoms with van der Waals surface area (Å²) >= 11 is 9.52. The molecule has 0 aliphatic carbocycles. The predicted octanol–water partition coefficient (Wildman–Crippen LogP) is 5.30. The van der Waals surface area contributed by atoms with Crippen LogP contribution in [0.1, 0.15) is 16.7 Å². The lowest BCUT2D eigenvalue weighted by molar-refractivity contribution is -0.135. The summed E-state index contributed by atoms with van der Waals surface area (Å²) in [5, 5.41) is 3.75. The number of halogens is 2. The highest BCUT2D eigenvalue weighted by molar-refractivity contribution is 9.10. The van der Waals surface area contributed by atoms with E-state index in [9.17, 15) is 9.59 Å². The third-order valence-corrected chi connectivity index (χ3v) is 8.06. The van der Waals surface area contributed by atoms with E-state index in [0.717, 1.165) is 60.6 Å². The summed E-state index contributed by atoms with van der Waals surface area (Å²) in [6.07, 6.45) is 0. The Labute approximate surface area is 243 Å². The Morgan fingerprint density at radius 2 is 1.46 bits per heavy atom. The lowest BCUT2D eigenvalue weighted by Crippen LogP contribution is -2.53. The van der Waals surface area contributed by atoms with E-state index in [4.69, 9.17) is 11.6 Å². The molecule has 2 fully saturated rings. The molecule has 3 aromatic rings. The van der Waals surface area contributed by atoms with E-state index in [2.05, 4.69) is 67.4 Å². The SMILES string of the molecule is O=C1CN(C(=O)Nc2cc(Br)ccc2CN2CCN(Cc3ccccc3)CC2)CCN1Cc1ccc(Cl)cc1. The van der Waals surface area contributed by atoms with Gasteiger partial charge in [0.25, 0.3) is 0 Å². The maximum Gasteiger partial charge on any atom is 0.322 e. The monoisotopic (exact) mass is 609 g/mol. The van der Waals surface area contributed by atoms with Crippen molar-refractivity contribution >= 4 is 45.2 Å². The van der Waals surface area contributed by atoms with E-state index in [1.54, 1.807) is 9.80 Å². The topological polar surface area (TPSA) is 59.1 Å². The average molecular weight is 611 g/mol. The minimum atomic E-state index is -0.249. The Bertz CT molecular complexity index is 1280. The number of urea groups is 1. The van der Waals surface area contributed by atoms with Crippen LogP contribution in [0.2, 0.25) is 5.02 Å². The molecule has 3 amide bonds. The van der Waals surface area contributed by atoms with E-state index in [1.165, 1.54) is 5.56 Å². The summed E-state index contributed by atoms with van der Waals surface area (Å²) in [6.45, 7) is 7.25. The van der Waals surface area contributed by atoms with Gasteiger partial charge in [-0.3, -0.25) is 14.6 Å². The molecule has 39 heavy (non-hydrogen) atoms. The van der Waals surface area contributed by atoms with Crippen molar-refractivity contribution in [2.75, 3.05) is 51.1 Å². The first kappa shape index (κ1) is 27.6. The predicted molar refractivity (Wildman–Crippen MR) is 159 cm³/mol. The molecule has 0 saturated carbocycles. The molecule has 7 nitrogen and oxygen atoms in total. The smallest absolute Gasteiger partial charge is 0.322 e. The van der Waals surface area contributed by atoms with Gasteiger partial charge in [-0.1, -0.05) is 76.1 Å². The van der Waals surface area contributed by atoms with Gasteiger partial charge in [0.2, 0.25) is 5.91 Å². The number of anilines is 1. The quantitative estimate of drug-likeness (QED) is 0.395. The van der Waals surface area contributed by atoms with Crippen molar-refractivity contribution in [3.8, 4) is 0 Å². The molecule has 2 aliphatic rings. The minimum Gasteiger partial charge on any atom is -0.335 e. The Kier molecular flexibility index (Phi) is 9.19. The summed E-state index contributed by atoms with van der Waals surface area (Å²) in [6, 6.07) is 23.8. The molecule has 0 radical (unpaired) electrons. The number of hydrogen-bond acceptors (Lipinski definition) is 4. The molecule has 0 atom stereocenters. The molecule has 3 aromatic carbocycles. The van der Waals surface area contributed by atoms with Gasteiger partial charge in [0.05, 0.1) is 0 Å². The Morgan fingerprint density at radius 1 is 0.795 bits per heavy atom. The van der Waals surface area contributed by atoms with Crippen LogP contribution in [0.15, 0.2) is 77.3 Å². The second-order valence-corrected chi connectivity index (χ2v) is 11.5. The number of benzene rings is 3. The van der Waals surface area contributed by atoms with Crippen molar-refractivity contribution in [3.63, 3.8) is 0 Å². The van der Waals surface area contributed by atoms with E-state index < -0.39 is 0 Å². The standard InChI is InChI=1S/C30H33BrClN5O2/c31-26-9-8-25(21-35-14-12-34(13-15-35)19-23-4-2-1-3-5-23)28(18-26)33-30(39)37-17-16-36(29(38)22-37)20-24-6-10-27(32)11-7-24/h1-11,18H,12-17,19-22H2,(H,33,39). The van der Waals surface area contributed by atoms with Crippen LogP contribution in [0.5, 0.6) is 0 Å². The molecular formula is C30H33BrClN5O2. The Hall–Kier alpha value is -2.91. The van der Waals surface area contributed by atoms with Crippen LogP contribution in [0.4, 0.5) is 10.5 Å². The number of nitrogens with zero attached hydrogens (tertiary/aromatic N) is 4. The summed E-state index contributed by atoms with van der Waals surface area (Å²) in [5.41, 5.74) is 4.20. The lowest BCUT2D eigenvalue weighted by atomic mass is 10.1. The van der Waals surface area contributed by atoms with Crippen LogP contribution in [0, 0.1) is 0 Å². The molecule has 9 heteroatoms. The van der Waals surface area contributed by atoms with Gasteiger partial charge in [-0.2, -0.15) is 0 Å². The summed E-state index contributed by atoms with van der Waals surface area (Å²) in [5.74, 6) is -0.0609. The van der Waals surface area contributed by atoms with E-state index in [-0.39, 0.29) is 18.5 Å². The largest absolute Gasteiger partial charge is 0.335 e. The second kappa shape index (κ2) is 13.0. The van der Waals surface area contributed by atoms with Crippen molar-refractivity contribution < 1.29 is 9.59 Å². The van der Waals surface area contributed by atoms with Gasteiger partial charge < -0.3 is 15.1 Å². The number of piperazine rings is 2. The zero-order valence-corrected chi connectivity index (χ0v) is 24.2. The molecule has 0 unspecified atom stereocenters. The lowest BCUT2D eigenvalue weighted by Gasteiger charge is -2.35. The number of carbonyl (C=O) groups excluding carboxylic acids is 2. The highest BCUT2D eigenvalue weighted by atomic mass is 79.9. The van der Waals surface area contributed by atoms with Gasteiger partial charge in [-0.05, 0) is 41.0 Å². The fourth-order valence-corrected chi connectivity index (χ4v) is 5.53. The van der Waals surface area contributed by atoms with Gasteiger partial charge in [-0.15, -0.1) is 0 Å². The summed E-state index contributed by atoms with van der Waals surface area (Å²) < 4.78 is 0.901. The third-order valence-electron chi connectivity index (χ3n) is 7.31. The fourth-order valence-electron chi connectivity index (χ4n) is 5.04. The fraction of sp³-hybridized carbons (Fsp3) is 0.333. The normalized spacial score (nSPS) is 16.9. The van der Waals surface area contributed by atoms with Crippen LogP contribution in [-0.4, -0.2) is 77.4 Å². The Morgan fingerprint density at radius 3 is 2.15 bits per heavy atom. The first-order chi connectivity index (χ1) is 18.9. The van der Waals surface area contributed by atoms with Crippen LogP contribution in [-0.2, 0) is 24.4 Å². The van der Waals surface area contributed by atoms with E-state index >= 15 is 0 Å². The van der Waals surface area contributed by atoms with Crippen molar-refractivity contribution in [1.82, 2.24) is 19.6 Å². The Balaban J connectivity index is 1.14. The summed E-state index contributed by atoms with van der Waals surface area (Å²) in [4.78, 5) is 34.3. The number of nitrogens with one attached hydrogen (secondary N) is 1. The molecule has 5 rings (SSSR count). The maximum absolute atomic E-state index is 13.2. The zero-order valence-electron chi connectivity index (χ0n) is 21.9. The number of hydrogen-bond donors (Lipinski definition) is 1. The summed E-state index contributed by atoms with van der Waals surface area (Å²) in [7, 11) is 0. The highest BCUT2D eigenvalue weighted by Crippen LogP contribution is 2.24. The average Bonchev–Trinajstić information content (AvgIpc) is 2.94. The number of amides is 3. The number of rotatable bonds is 7. The van der Waals surface area contributed by atoms with Crippen molar-refractivity contribution in [2.24, 2.45) is 0 Å². The van der Waals surface area contributed by atoms with Crippen molar-refractivity contribution in [1.29, 1.82) is 0 Å². The molecule has 2 saturated heterocycles. The van der Waals surface area contributed by atoms with Crippen LogP contribution in [0.3, 0.4) is 0 Å². The molecule has 0 aromatic heterocycles. The van der Waals surface area contributed by atoms with Crippen LogP contribution >= 0.6 is 27.5 Å². The second-order valence-electron chi connectivity index (χ2n) is 10.1. The van der Waals surface area contributed by atoms with E-state index in [1.807, 2.05) is 36.4 Å². The molecule has 2 aliphatic heterocycles. The molecule has 0 bridgehead atoms. The minimum absolute atomic E-state index is 0.0609. The molecule has 2 heterocycles. The molecule has 204 valence electrons. The van der Waals surface area contributed by atoms with Crippen LogP contribution < -0.4 is 5.32 Å². The van der Waals surface area contributed by atoms with Gasteiger partial charge >= 0.3 is 6.03 Å². The van der Waals surface area contributed by atoms with E-state index in [0.29, 0.717) is 24.7 Å². The van der Waals surface area contributed by atoms with Crippen molar-refractivity contribution in [2.45, 2.75) is 19.6 Å². The molecule has 1 N–H and O–H groups in total. The third kappa shape index (κ3) is 7.60.